The molecule has 6 rings (SSSR count). The van der Waals surface area contributed by atoms with Gasteiger partial charge in [0.05, 0.1) is 23.8 Å². The number of anilines is 2. The van der Waals surface area contributed by atoms with E-state index < -0.39 is 0 Å². The Morgan fingerprint density at radius 2 is 1.91 bits per heavy atom. The first-order valence-corrected chi connectivity index (χ1v) is 11.5. The van der Waals surface area contributed by atoms with Crippen LogP contribution in [0.3, 0.4) is 0 Å². The number of aryl methyl sites for hydroxylation is 1. The molecule has 3 aromatic heterocycles. The molecule has 0 spiro atoms. The fourth-order valence-corrected chi connectivity index (χ4v) is 4.73. The normalized spacial score (nSPS) is 21.5. The van der Waals surface area contributed by atoms with Crippen molar-refractivity contribution in [1.82, 2.24) is 34.9 Å². The van der Waals surface area contributed by atoms with Gasteiger partial charge < -0.3 is 20.5 Å². The van der Waals surface area contributed by atoms with E-state index in [1.54, 1.807) is 0 Å². The molecular formula is C23H29N9. The zero-order valence-corrected chi connectivity index (χ0v) is 18.8. The third-order valence-corrected chi connectivity index (χ3v) is 6.34. The van der Waals surface area contributed by atoms with Gasteiger partial charge in [-0.25, -0.2) is 4.98 Å². The summed E-state index contributed by atoms with van der Waals surface area (Å²) in [5.41, 5.74) is 5.37. The van der Waals surface area contributed by atoms with Crippen molar-refractivity contribution in [2.75, 3.05) is 23.3 Å². The van der Waals surface area contributed by atoms with E-state index in [0.29, 0.717) is 30.5 Å². The van der Waals surface area contributed by atoms with Crippen LogP contribution in [0.4, 0.5) is 11.9 Å². The Labute approximate surface area is 186 Å². The first kappa shape index (κ1) is 19.5. The van der Waals surface area contributed by atoms with E-state index in [1.807, 2.05) is 10.7 Å². The van der Waals surface area contributed by atoms with E-state index in [1.165, 1.54) is 24.0 Å². The van der Waals surface area contributed by atoms with E-state index in [9.17, 15) is 0 Å². The van der Waals surface area contributed by atoms with Crippen LogP contribution in [0.2, 0.25) is 0 Å². The number of hydrogen-bond donors (Lipinski definition) is 3. The molecule has 4 heterocycles. The van der Waals surface area contributed by atoms with Crippen molar-refractivity contribution in [3.63, 3.8) is 0 Å². The quantitative estimate of drug-likeness (QED) is 0.447. The number of aromatic nitrogens is 6. The first-order valence-electron chi connectivity index (χ1n) is 11.5. The van der Waals surface area contributed by atoms with Crippen LogP contribution in [0.1, 0.15) is 49.6 Å². The highest BCUT2D eigenvalue weighted by Gasteiger charge is 2.30. The van der Waals surface area contributed by atoms with Crippen molar-refractivity contribution in [3.05, 3.63) is 41.3 Å². The van der Waals surface area contributed by atoms with Gasteiger partial charge in [0.15, 0.2) is 5.65 Å². The van der Waals surface area contributed by atoms with Gasteiger partial charge in [0, 0.05) is 30.7 Å². The van der Waals surface area contributed by atoms with E-state index in [2.05, 4.69) is 64.6 Å². The second-order valence-corrected chi connectivity index (χ2v) is 9.39. The summed E-state index contributed by atoms with van der Waals surface area (Å²) in [7, 11) is 0. The number of nitrogens with zero attached hydrogens (tertiary/aromatic N) is 6. The van der Waals surface area contributed by atoms with E-state index >= 15 is 0 Å². The molecule has 9 heteroatoms. The number of piperazine rings is 1. The number of aromatic amines is 1. The smallest absolute Gasteiger partial charge is 0.230 e. The van der Waals surface area contributed by atoms with Gasteiger partial charge in [-0.05, 0) is 57.2 Å². The minimum Gasteiger partial charge on any atom is -0.347 e. The highest BCUT2D eigenvalue weighted by Crippen LogP contribution is 2.42. The van der Waals surface area contributed by atoms with E-state index in [4.69, 9.17) is 15.0 Å². The van der Waals surface area contributed by atoms with Gasteiger partial charge in [0.2, 0.25) is 11.9 Å². The van der Waals surface area contributed by atoms with Gasteiger partial charge in [0.25, 0.3) is 0 Å². The van der Waals surface area contributed by atoms with Crippen LogP contribution in [0, 0.1) is 6.92 Å². The summed E-state index contributed by atoms with van der Waals surface area (Å²) in [4.78, 5) is 20.3. The Bertz CT molecular complexity index is 1280. The molecule has 0 radical (unpaired) electrons. The van der Waals surface area contributed by atoms with Crippen molar-refractivity contribution in [2.45, 2.75) is 58.2 Å². The maximum Gasteiger partial charge on any atom is 0.230 e. The topological polar surface area (TPSA) is 99.1 Å². The molecule has 1 saturated heterocycles. The predicted molar refractivity (Wildman–Crippen MR) is 125 cm³/mol. The number of fused-ring (bicyclic) bond motifs is 2. The first-order chi connectivity index (χ1) is 15.5. The summed E-state index contributed by atoms with van der Waals surface area (Å²) >= 11 is 0. The van der Waals surface area contributed by atoms with Crippen molar-refractivity contribution >= 4 is 28.6 Å². The third-order valence-electron chi connectivity index (χ3n) is 6.34. The number of rotatable bonds is 5. The minimum absolute atomic E-state index is 0.391. The lowest BCUT2D eigenvalue weighted by atomic mass is 10.1. The van der Waals surface area contributed by atoms with Gasteiger partial charge in [-0.1, -0.05) is 6.07 Å². The summed E-state index contributed by atoms with van der Waals surface area (Å²) in [5.74, 6) is 2.91. The maximum absolute atomic E-state index is 4.97. The number of H-pyrrole nitrogens is 1. The van der Waals surface area contributed by atoms with Gasteiger partial charge in [-0.2, -0.15) is 19.6 Å². The monoisotopic (exact) mass is 431 g/mol. The average Bonchev–Trinajstić information content (AvgIpc) is 3.37. The Kier molecular flexibility index (Phi) is 4.53. The number of hydrogen-bond acceptors (Lipinski definition) is 7. The highest BCUT2D eigenvalue weighted by atomic mass is 15.4. The zero-order valence-electron chi connectivity index (χ0n) is 18.8. The number of imidazole rings is 1. The molecule has 3 N–H and O–H groups in total. The summed E-state index contributed by atoms with van der Waals surface area (Å²) in [6.07, 6.45) is 4.39. The molecule has 0 unspecified atom stereocenters. The summed E-state index contributed by atoms with van der Waals surface area (Å²) in [6, 6.07) is 7.04. The summed E-state index contributed by atoms with van der Waals surface area (Å²) in [6.45, 7) is 8.80. The molecule has 1 aromatic carbocycles. The SMILES string of the molecule is Cc1ccc2[nH]c(CNc3nc(N4C[C@@H](C)N[C@@H](C)C4)nc4c(C5CC5)cnn34)nc2c1. The lowest BCUT2D eigenvalue weighted by Crippen LogP contribution is -2.54. The molecule has 32 heavy (non-hydrogen) atoms. The van der Waals surface area contributed by atoms with E-state index in [-0.39, 0.29) is 0 Å². The standard InChI is InChI=1S/C23H29N9/c1-13-4-7-18-19(8-13)28-20(27-18)10-24-22-30-23(31-11-14(2)26-15(3)12-31)29-21-17(16-5-6-16)9-25-32(21)22/h4,7-9,14-16,26H,5-6,10-12H2,1-3H3,(H,27,28)(H,24,29,30)/t14-,15+. The second-order valence-electron chi connectivity index (χ2n) is 9.39. The lowest BCUT2D eigenvalue weighted by molar-refractivity contribution is 0.403. The Balaban J connectivity index is 1.35. The van der Waals surface area contributed by atoms with Crippen LogP contribution < -0.4 is 15.5 Å². The Morgan fingerprint density at radius 1 is 1.09 bits per heavy atom. The van der Waals surface area contributed by atoms with Gasteiger partial charge >= 0.3 is 0 Å². The second kappa shape index (κ2) is 7.44. The molecule has 1 aliphatic heterocycles. The molecule has 1 saturated carbocycles. The Hall–Kier alpha value is -3.20. The van der Waals surface area contributed by atoms with Crippen LogP contribution in [-0.4, -0.2) is 54.7 Å². The molecule has 2 aliphatic rings. The van der Waals surface area contributed by atoms with Crippen LogP contribution in [0.15, 0.2) is 24.4 Å². The largest absolute Gasteiger partial charge is 0.347 e. The van der Waals surface area contributed by atoms with E-state index in [0.717, 1.165) is 41.5 Å². The number of nitrogens with one attached hydrogen (secondary N) is 3. The molecule has 9 nitrogen and oxygen atoms in total. The maximum atomic E-state index is 4.97. The van der Waals surface area contributed by atoms with Crippen LogP contribution in [-0.2, 0) is 6.54 Å². The van der Waals surface area contributed by atoms with Crippen LogP contribution >= 0.6 is 0 Å². The number of benzene rings is 1. The molecule has 0 amide bonds. The van der Waals surface area contributed by atoms with Crippen molar-refractivity contribution in [3.8, 4) is 0 Å². The highest BCUT2D eigenvalue weighted by molar-refractivity contribution is 5.75. The van der Waals surface area contributed by atoms with Crippen LogP contribution in [0.25, 0.3) is 16.7 Å². The van der Waals surface area contributed by atoms with Crippen molar-refractivity contribution in [1.29, 1.82) is 0 Å². The summed E-state index contributed by atoms with van der Waals surface area (Å²) < 4.78 is 1.85. The van der Waals surface area contributed by atoms with Crippen molar-refractivity contribution in [2.24, 2.45) is 0 Å². The van der Waals surface area contributed by atoms with Crippen molar-refractivity contribution < 1.29 is 0 Å². The lowest BCUT2D eigenvalue weighted by Gasteiger charge is -2.36. The fourth-order valence-electron chi connectivity index (χ4n) is 4.73. The van der Waals surface area contributed by atoms with Gasteiger partial charge in [-0.3, -0.25) is 0 Å². The Morgan fingerprint density at radius 3 is 2.69 bits per heavy atom. The molecule has 2 atom stereocenters. The van der Waals surface area contributed by atoms with Gasteiger partial charge in [0.1, 0.15) is 5.82 Å². The zero-order chi connectivity index (χ0) is 21.8. The van der Waals surface area contributed by atoms with Crippen LogP contribution in [0.5, 0.6) is 0 Å². The summed E-state index contributed by atoms with van der Waals surface area (Å²) in [5, 5.41) is 11.7. The third kappa shape index (κ3) is 3.56. The molecule has 2 fully saturated rings. The van der Waals surface area contributed by atoms with Gasteiger partial charge in [-0.15, -0.1) is 0 Å². The minimum atomic E-state index is 0.391. The molecule has 1 aliphatic carbocycles. The fraction of sp³-hybridized carbons (Fsp3) is 0.478. The average molecular weight is 432 g/mol. The molecule has 4 aromatic rings. The molecule has 166 valence electrons. The predicted octanol–water partition coefficient (Wildman–Crippen LogP) is 2.99. The molecule has 0 bridgehead atoms. The molecular weight excluding hydrogens is 402 g/mol.